The lowest BCUT2D eigenvalue weighted by Gasteiger charge is -2.17. The highest BCUT2D eigenvalue weighted by atomic mass is 19.1. The third kappa shape index (κ3) is 3.43. The number of nitrogens with two attached hydrogens (primary N) is 1. The highest BCUT2D eigenvalue weighted by Crippen LogP contribution is 2.21. The van der Waals surface area contributed by atoms with Crippen molar-refractivity contribution in [3.05, 3.63) is 29.6 Å². The van der Waals surface area contributed by atoms with Crippen LogP contribution in [0.4, 0.5) is 10.1 Å². The third-order valence-corrected chi connectivity index (χ3v) is 3.05. The van der Waals surface area contributed by atoms with Crippen LogP contribution in [0.3, 0.4) is 0 Å². The monoisotopic (exact) mass is 267 g/mol. The molecule has 1 amide bonds. The van der Waals surface area contributed by atoms with Crippen LogP contribution in [-0.2, 0) is 4.79 Å². The first-order valence-corrected chi connectivity index (χ1v) is 5.95. The highest BCUT2D eigenvalue weighted by Gasteiger charge is 2.20. The lowest BCUT2D eigenvalue weighted by molar-refractivity contribution is -0.120. The zero-order valence-electron chi connectivity index (χ0n) is 11.1. The van der Waals surface area contributed by atoms with Crippen molar-refractivity contribution in [3.63, 3.8) is 0 Å². The summed E-state index contributed by atoms with van der Waals surface area (Å²) < 4.78 is 13.7. The van der Waals surface area contributed by atoms with E-state index in [1.807, 2.05) is 13.8 Å². The normalized spacial score (nSPS) is 13.4. The predicted molar refractivity (Wildman–Crippen MR) is 71.5 cm³/mol. The van der Waals surface area contributed by atoms with Gasteiger partial charge in [-0.3, -0.25) is 4.79 Å². The maximum atomic E-state index is 13.7. The molecule has 6 heteroatoms. The lowest BCUT2D eigenvalue weighted by Crippen LogP contribution is -2.26. The number of anilines is 1. The number of rotatable bonds is 4. The van der Waals surface area contributed by atoms with Crippen LogP contribution in [0.15, 0.2) is 23.4 Å². The van der Waals surface area contributed by atoms with Gasteiger partial charge in [0.05, 0.1) is 11.3 Å². The van der Waals surface area contributed by atoms with E-state index in [1.54, 1.807) is 6.92 Å². The average Bonchev–Trinajstić information content (AvgIpc) is 2.37. The molecular formula is C13H18FN3O2. The Balaban J connectivity index is 3.09. The van der Waals surface area contributed by atoms with Gasteiger partial charge in [-0.25, -0.2) is 4.39 Å². The molecule has 1 rings (SSSR count). The summed E-state index contributed by atoms with van der Waals surface area (Å²) in [5.74, 6) is -1.37. The van der Waals surface area contributed by atoms with Crippen molar-refractivity contribution in [2.24, 2.45) is 22.7 Å². The molecule has 1 aromatic rings. The third-order valence-electron chi connectivity index (χ3n) is 3.05. The Morgan fingerprint density at radius 2 is 2.05 bits per heavy atom. The standard InChI is InChI=1S/C13H18FN3O2/c1-7(2)8(3)13(18)16-10-6-4-5-9(14)11(10)12(15)17-19/h4-8,19H,1-3H3,(H2,15,17)(H,16,18). The molecule has 0 heterocycles. The van der Waals surface area contributed by atoms with Crippen LogP contribution in [0.25, 0.3) is 0 Å². The van der Waals surface area contributed by atoms with Crippen LogP contribution in [0.2, 0.25) is 0 Å². The van der Waals surface area contributed by atoms with Gasteiger partial charge in [0.25, 0.3) is 0 Å². The SMILES string of the molecule is CC(C)C(C)C(=O)Nc1cccc(F)c1C(N)=NO. The first kappa shape index (κ1) is 14.9. The molecule has 0 fully saturated rings. The van der Waals surface area contributed by atoms with Gasteiger partial charge in [-0.05, 0) is 18.1 Å². The van der Waals surface area contributed by atoms with E-state index in [4.69, 9.17) is 10.9 Å². The molecule has 0 aliphatic rings. The fourth-order valence-electron chi connectivity index (χ4n) is 1.49. The van der Waals surface area contributed by atoms with Gasteiger partial charge in [-0.15, -0.1) is 0 Å². The molecule has 4 N–H and O–H groups in total. The van der Waals surface area contributed by atoms with Crippen LogP contribution in [-0.4, -0.2) is 17.0 Å². The van der Waals surface area contributed by atoms with E-state index in [-0.39, 0.29) is 34.8 Å². The minimum Gasteiger partial charge on any atom is -0.409 e. The summed E-state index contributed by atoms with van der Waals surface area (Å²) in [6.07, 6.45) is 0. The maximum Gasteiger partial charge on any atom is 0.227 e. The van der Waals surface area contributed by atoms with Crippen molar-refractivity contribution >= 4 is 17.4 Å². The van der Waals surface area contributed by atoms with Gasteiger partial charge in [0.1, 0.15) is 5.82 Å². The molecule has 0 aromatic heterocycles. The number of halogens is 1. The number of hydrogen-bond acceptors (Lipinski definition) is 3. The van der Waals surface area contributed by atoms with E-state index in [1.165, 1.54) is 18.2 Å². The van der Waals surface area contributed by atoms with E-state index < -0.39 is 5.82 Å². The number of benzene rings is 1. The topological polar surface area (TPSA) is 87.7 Å². The summed E-state index contributed by atoms with van der Waals surface area (Å²) in [5, 5.41) is 14.0. The molecule has 0 radical (unpaired) electrons. The summed E-state index contributed by atoms with van der Waals surface area (Å²) in [4.78, 5) is 12.0. The second-order valence-electron chi connectivity index (χ2n) is 4.67. The second kappa shape index (κ2) is 6.17. The first-order chi connectivity index (χ1) is 8.88. The predicted octanol–water partition coefficient (Wildman–Crippen LogP) is 2.15. The Morgan fingerprint density at radius 3 is 2.58 bits per heavy atom. The quantitative estimate of drug-likeness (QED) is 0.338. The molecule has 0 bridgehead atoms. The van der Waals surface area contributed by atoms with Gasteiger partial charge < -0.3 is 16.3 Å². The van der Waals surface area contributed by atoms with Crippen molar-refractivity contribution < 1.29 is 14.4 Å². The Kier molecular flexibility index (Phi) is 4.86. The molecular weight excluding hydrogens is 249 g/mol. The largest absolute Gasteiger partial charge is 0.409 e. The van der Waals surface area contributed by atoms with Crippen molar-refractivity contribution in [2.45, 2.75) is 20.8 Å². The lowest BCUT2D eigenvalue weighted by atomic mass is 9.97. The molecule has 19 heavy (non-hydrogen) atoms. The van der Waals surface area contributed by atoms with Crippen LogP contribution in [0.1, 0.15) is 26.3 Å². The van der Waals surface area contributed by atoms with Crippen molar-refractivity contribution in [3.8, 4) is 0 Å². The van der Waals surface area contributed by atoms with Gasteiger partial charge in [-0.2, -0.15) is 0 Å². The number of carbonyl (C=O) groups is 1. The Bertz CT molecular complexity index is 501. The van der Waals surface area contributed by atoms with Crippen molar-refractivity contribution in [1.29, 1.82) is 0 Å². The second-order valence-corrected chi connectivity index (χ2v) is 4.67. The first-order valence-electron chi connectivity index (χ1n) is 5.95. The Labute approximate surface area is 111 Å². The van der Waals surface area contributed by atoms with Crippen LogP contribution in [0, 0.1) is 17.7 Å². The molecule has 0 saturated heterocycles. The zero-order chi connectivity index (χ0) is 14.6. The smallest absolute Gasteiger partial charge is 0.227 e. The number of carbonyl (C=O) groups excluding carboxylic acids is 1. The molecule has 0 aliphatic carbocycles. The molecule has 1 unspecified atom stereocenters. The van der Waals surface area contributed by atoms with Crippen molar-refractivity contribution in [2.75, 3.05) is 5.32 Å². The summed E-state index contributed by atoms with van der Waals surface area (Å²) in [5.41, 5.74) is 5.49. The highest BCUT2D eigenvalue weighted by molar-refractivity contribution is 6.06. The van der Waals surface area contributed by atoms with Gasteiger partial charge in [0, 0.05) is 5.92 Å². The summed E-state index contributed by atoms with van der Waals surface area (Å²) in [7, 11) is 0. The van der Waals surface area contributed by atoms with Crippen LogP contribution >= 0.6 is 0 Å². The van der Waals surface area contributed by atoms with Gasteiger partial charge in [0.15, 0.2) is 5.84 Å². The van der Waals surface area contributed by atoms with Crippen molar-refractivity contribution in [1.82, 2.24) is 0 Å². The molecule has 0 spiro atoms. The number of amidine groups is 1. The summed E-state index contributed by atoms with van der Waals surface area (Å²) in [6.45, 7) is 5.61. The van der Waals surface area contributed by atoms with Gasteiger partial charge in [-0.1, -0.05) is 32.0 Å². The summed E-state index contributed by atoms with van der Waals surface area (Å²) in [6, 6.07) is 4.12. The minimum absolute atomic E-state index is 0.116. The zero-order valence-corrected chi connectivity index (χ0v) is 11.1. The Hall–Kier alpha value is -2.11. The Morgan fingerprint density at radius 1 is 1.42 bits per heavy atom. The molecule has 104 valence electrons. The molecule has 1 aromatic carbocycles. The molecule has 0 saturated carbocycles. The number of nitrogens with one attached hydrogen (secondary N) is 1. The number of oxime groups is 1. The average molecular weight is 267 g/mol. The van der Waals surface area contributed by atoms with Gasteiger partial charge in [0.2, 0.25) is 5.91 Å². The maximum absolute atomic E-state index is 13.7. The van der Waals surface area contributed by atoms with Crippen LogP contribution < -0.4 is 11.1 Å². The summed E-state index contributed by atoms with van der Waals surface area (Å²) >= 11 is 0. The van der Waals surface area contributed by atoms with E-state index in [9.17, 15) is 9.18 Å². The fraction of sp³-hybridized carbons (Fsp3) is 0.385. The number of nitrogens with zero attached hydrogens (tertiary/aromatic N) is 1. The number of amides is 1. The minimum atomic E-state index is -0.662. The van der Waals surface area contributed by atoms with Crippen LogP contribution in [0.5, 0.6) is 0 Å². The molecule has 0 aliphatic heterocycles. The molecule has 5 nitrogen and oxygen atoms in total. The van der Waals surface area contributed by atoms with E-state index >= 15 is 0 Å². The van der Waals surface area contributed by atoms with Gasteiger partial charge >= 0.3 is 0 Å². The van der Waals surface area contributed by atoms with E-state index in [2.05, 4.69) is 10.5 Å². The fourth-order valence-corrected chi connectivity index (χ4v) is 1.49. The molecule has 1 atom stereocenters. The van der Waals surface area contributed by atoms with E-state index in [0.29, 0.717) is 0 Å². The van der Waals surface area contributed by atoms with E-state index in [0.717, 1.165) is 0 Å². The number of hydrogen-bond donors (Lipinski definition) is 3.